The van der Waals surface area contributed by atoms with Gasteiger partial charge < -0.3 is 14.3 Å². The Morgan fingerprint density at radius 3 is 2.64 bits per heavy atom. The van der Waals surface area contributed by atoms with Gasteiger partial charge in [-0.3, -0.25) is 9.78 Å². The second kappa shape index (κ2) is 6.10. The molecule has 122 valence electrons. The van der Waals surface area contributed by atoms with Crippen LogP contribution < -0.4 is 0 Å². The van der Waals surface area contributed by atoms with Crippen LogP contribution in [0.15, 0.2) is 24.5 Å². The Balaban J connectivity index is 2.22. The molecule has 1 fully saturated rings. The molecule has 1 aromatic rings. The summed E-state index contributed by atoms with van der Waals surface area (Å²) in [4.78, 5) is 15.8. The van der Waals surface area contributed by atoms with Gasteiger partial charge in [0.25, 0.3) is 0 Å². The average Bonchev–Trinajstić information content (AvgIpc) is 2.81. The molecule has 22 heavy (non-hydrogen) atoms. The van der Waals surface area contributed by atoms with Gasteiger partial charge in [0.2, 0.25) is 0 Å². The molecule has 2 heterocycles. The first-order valence-electron chi connectivity index (χ1n) is 7.55. The van der Waals surface area contributed by atoms with E-state index in [2.05, 4.69) is 38.8 Å². The quantitative estimate of drug-likeness (QED) is 0.862. The minimum absolute atomic E-state index is 0.0302. The Morgan fingerprint density at radius 2 is 2.14 bits per heavy atom. The van der Waals surface area contributed by atoms with Gasteiger partial charge in [0.05, 0.1) is 18.8 Å². The van der Waals surface area contributed by atoms with E-state index in [-0.39, 0.29) is 5.04 Å². The molecule has 0 unspecified atom stereocenters. The zero-order chi connectivity index (χ0) is 16.5. The predicted molar refractivity (Wildman–Crippen MR) is 86.1 cm³/mol. The lowest BCUT2D eigenvalue weighted by Crippen LogP contribution is -2.47. The minimum Gasteiger partial charge on any atom is -0.481 e. The third kappa shape index (κ3) is 3.39. The van der Waals surface area contributed by atoms with Crippen LogP contribution in [0.3, 0.4) is 0 Å². The number of nitrogens with zero attached hydrogens (tertiary/aromatic N) is 1. The van der Waals surface area contributed by atoms with E-state index in [0.717, 1.165) is 5.56 Å². The molecule has 0 aromatic carbocycles. The van der Waals surface area contributed by atoms with Crippen molar-refractivity contribution >= 4 is 14.3 Å². The first-order chi connectivity index (χ1) is 10.1. The van der Waals surface area contributed by atoms with Crippen LogP contribution in [0.4, 0.5) is 0 Å². The predicted octanol–water partition coefficient (Wildman–Crippen LogP) is 3.24. The van der Waals surface area contributed by atoms with Gasteiger partial charge in [0, 0.05) is 18.0 Å². The van der Waals surface area contributed by atoms with E-state index < -0.39 is 32.4 Å². The highest BCUT2D eigenvalue weighted by Gasteiger charge is 2.48. The number of aromatic nitrogens is 1. The van der Waals surface area contributed by atoms with Crippen LogP contribution in [0.5, 0.6) is 0 Å². The Kier molecular flexibility index (Phi) is 4.75. The van der Waals surface area contributed by atoms with E-state index in [0.29, 0.717) is 6.61 Å². The van der Waals surface area contributed by atoms with E-state index in [1.807, 2.05) is 6.07 Å². The molecule has 0 aliphatic carbocycles. The zero-order valence-electron chi connectivity index (χ0n) is 13.9. The average molecular weight is 323 g/mol. The van der Waals surface area contributed by atoms with E-state index in [1.165, 1.54) is 0 Å². The van der Waals surface area contributed by atoms with Gasteiger partial charge in [-0.25, -0.2) is 0 Å². The van der Waals surface area contributed by atoms with Crippen molar-refractivity contribution in [3.05, 3.63) is 30.1 Å². The van der Waals surface area contributed by atoms with Crippen molar-refractivity contribution in [2.75, 3.05) is 6.61 Å². The number of carboxylic acid groups (broad SMARTS) is 1. The number of rotatable bonds is 4. The topological polar surface area (TPSA) is 68.7 Å². The highest BCUT2D eigenvalue weighted by molar-refractivity contribution is 6.74. The Morgan fingerprint density at radius 1 is 1.45 bits per heavy atom. The van der Waals surface area contributed by atoms with Gasteiger partial charge >= 0.3 is 5.97 Å². The van der Waals surface area contributed by atoms with Gasteiger partial charge in [0.1, 0.15) is 5.92 Å². The number of ether oxygens (including phenoxy) is 1. The summed E-state index contributed by atoms with van der Waals surface area (Å²) in [5.74, 6) is -1.58. The van der Waals surface area contributed by atoms with E-state index in [1.54, 1.807) is 18.5 Å². The van der Waals surface area contributed by atoms with Gasteiger partial charge in [-0.2, -0.15) is 0 Å². The maximum absolute atomic E-state index is 11.8. The SMILES string of the molecule is CC(C)(C)[Si](C)(C)O[C@@H]1CO[C@H](c2cccnc2)[C@@H]1C(=O)O. The normalized spacial score (nSPS) is 26.1. The third-order valence-electron chi connectivity index (χ3n) is 4.72. The summed E-state index contributed by atoms with van der Waals surface area (Å²) in [6.45, 7) is 11.0. The van der Waals surface area contributed by atoms with Gasteiger partial charge in [-0.05, 0) is 24.2 Å². The molecule has 6 heteroatoms. The number of pyridine rings is 1. The van der Waals surface area contributed by atoms with Crippen molar-refractivity contribution in [3.63, 3.8) is 0 Å². The van der Waals surface area contributed by atoms with Crippen molar-refractivity contribution in [2.24, 2.45) is 5.92 Å². The van der Waals surface area contributed by atoms with Crippen molar-refractivity contribution in [2.45, 2.75) is 51.1 Å². The maximum atomic E-state index is 11.8. The third-order valence-corrected chi connectivity index (χ3v) is 9.22. The lowest BCUT2D eigenvalue weighted by Gasteiger charge is -2.39. The summed E-state index contributed by atoms with van der Waals surface area (Å²) in [5.41, 5.74) is 0.788. The summed E-state index contributed by atoms with van der Waals surface area (Å²) in [5, 5.41) is 9.68. The molecule has 0 radical (unpaired) electrons. The van der Waals surface area contributed by atoms with Crippen molar-refractivity contribution in [1.29, 1.82) is 0 Å². The van der Waals surface area contributed by atoms with Crippen LogP contribution in [0, 0.1) is 5.92 Å². The van der Waals surface area contributed by atoms with Gasteiger partial charge in [-0.1, -0.05) is 26.8 Å². The van der Waals surface area contributed by atoms with Crippen LogP contribution in [-0.4, -0.2) is 37.1 Å². The first kappa shape index (κ1) is 17.1. The van der Waals surface area contributed by atoms with Crippen LogP contribution in [0.25, 0.3) is 0 Å². The van der Waals surface area contributed by atoms with Crippen LogP contribution >= 0.6 is 0 Å². The number of hydrogen-bond acceptors (Lipinski definition) is 4. The van der Waals surface area contributed by atoms with E-state index in [9.17, 15) is 9.90 Å². The fraction of sp³-hybridized carbons (Fsp3) is 0.625. The second-order valence-electron chi connectivity index (χ2n) is 7.32. The molecule has 0 spiro atoms. The number of hydrogen-bond donors (Lipinski definition) is 1. The molecule has 1 aliphatic heterocycles. The number of carboxylic acids is 1. The van der Waals surface area contributed by atoms with E-state index >= 15 is 0 Å². The smallest absolute Gasteiger partial charge is 0.312 e. The lowest BCUT2D eigenvalue weighted by molar-refractivity contribution is -0.145. The van der Waals surface area contributed by atoms with Gasteiger partial charge in [0.15, 0.2) is 8.32 Å². The van der Waals surface area contributed by atoms with Gasteiger partial charge in [-0.15, -0.1) is 0 Å². The molecular formula is C16H25NO4Si. The zero-order valence-corrected chi connectivity index (χ0v) is 14.9. The largest absolute Gasteiger partial charge is 0.481 e. The number of aliphatic carboxylic acids is 1. The Labute approximate surface area is 132 Å². The minimum atomic E-state index is -2.05. The maximum Gasteiger partial charge on any atom is 0.312 e. The summed E-state index contributed by atoms with van der Waals surface area (Å²) < 4.78 is 12.1. The molecule has 0 bridgehead atoms. The molecule has 2 rings (SSSR count). The van der Waals surface area contributed by atoms with Crippen LogP contribution in [0.2, 0.25) is 18.1 Å². The molecule has 3 atom stereocenters. The highest BCUT2D eigenvalue weighted by atomic mass is 28.4. The molecule has 1 aromatic heterocycles. The summed E-state index contributed by atoms with van der Waals surface area (Å²) in [7, 11) is -2.05. The monoisotopic (exact) mass is 323 g/mol. The Bertz CT molecular complexity index is 527. The van der Waals surface area contributed by atoms with Crippen LogP contribution in [0.1, 0.15) is 32.4 Å². The fourth-order valence-electron chi connectivity index (χ4n) is 2.40. The molecule has 1 saturated heterocycles. The standard InChI is InChI=1S/C16H25NO4Si/c1-16(2,3)22(4,5)21-12-10-20-14(13(12)15(18)19)11-7-6-8-17-9-11/h6-9,12-14H,10H2,1-5H3,(H,18,19)/t12-,13-,14-/m1/s1. The Hall–Kier alpha value is -1.24. The summed E-state index contributed by atoms with van der Waals surface area (Å²) in [6, 6.07) is 3.64. The molecule has 1 N–H and O–H groups in total. The molecule has 0 amide bonds. The summed E-state index contributed by atoms with van der Waals surface area (Å²) >= 11 is 0. The number of carbonyl (C=O) groups is 1. The fourth-order valence-corrected chi connectivity index (χ4v) is 3.72. The molecule has 1 aliphatic rings. The first-order valence-corrected chi connectivity index (χ1v) is 10.5. The lowest BCUT2D eigenvalue weighted by atomic mass is 9.95. The molecule has 5 nitrogen and oxygen atoms in total. The molecular weight excluding hydrogens is 298 g/mol. The highest BCUT2D eigenvalue weighted by Crippen LogP contribution is 2.42. The second-order valence-corrected chi connectivity index (χ2v) is 12.1. The summed E-state index contributed by atoms with van der Waals surface area (Å²) in [6.07, 6.45) is 2.41. The van der Waals surface area contributed by atoms with Crippen molar-refractivity contribution in [3.8, 4) is 0 Å². The van der Waals surface area contributed by atoms with Crippen LogP contribution in [-0.2, 0) is 14.0 Å². The van der Waals surface area contributed by atoms with Crippen molar-refractivity contribution < 1.29 is 19.1 Å². The van der Waals surface area contributed by atoms with Crippen molar-refractivity contribution in [1.82, 2.24) is 4.98 Å². The van der Waals surface area contributed by atoms with E-state index in [4.69, 9.17) is 9.16 Å². The molecule has 0 saturated carbocycles.